The first kappa shape index (κ1) is 20.4. The van der Waals surface area contributed by atoms with Crippen LogP contribution in [-0.4, -0.2) is 35.3 Å². The van der Waals surface area contributed by atoms with E-state index >= 15 is 0 Å². The fourth-order valence-electron chi connectivity index (χ4n) is 1.95. The molecule has 3 atom stereocenters. The van der Waals surface area contributed by atoms with Crippen LogP contribution in [0.25, 0.3) is 0 Å². The summed E-state index contributed by atoms with van der Waals surface area (Å²) in [6.45, 7) is 8.57. The predicted octanol–water partition coefficient (Wildman–Crippen LogP) is 1.54. The summed E-state index contributed by atoms with van der Waals surface area (Å²) in [6.07, 6.45) is -0.782. The molecule has 0 fully saturated rings. The first-order chi connectivity index (χ1) is 10.0. The topological polar surface area (TPSA) is 116 Å². The zero-order chi connectivity index (χ0) is 17.4. The molecular weight excluding hydrogens is 290 g/mol. The Hall–Kier alpha value is -1.63. The fraction of sp³-hybridized carbons (Fsp3) is 0.800. The zero-order valence-electron chi connectivity index (χ0n) is 13.9. The van der Waals surface area contributed by atoms with Gasteiger partial charge in [0.25, 0.3) is 0 Å². The van der Waals surface area contributed by atoms with Gasteiger partial charge >= 0.3 is 17.9 Å². The SMILES string of the molecule is CC(C)CC(CC(=O)O)C(N)C(=O)OC(C)OC(=O)C(C)C. The van der Waals surface area contributed by atoms with Gasteiger partial charge in [-0.25, -0.2) is 0 Å². The summed E-state index contributed by atoms with van der Waals surface area (Å²) in [5.74, 6) is -2.95. The molecule has 0 spiro atoms. The van der Waals surface area contributed by atoms with Crippen LogP contribution in [-0.2, 0) is 23.9 Å². The quantitative estimate of drug-likeness (QED) is 0.489. The lowest BCUT2D eigenvalue weighted by atomic mass is 9.88. The molecule has 0 aromatic carbocycles. The minimum atomic E-state index is -1.07. The molecule has 7 nitrogen and oxygen atoms in total. The van der Waals surface area contributed by atoms with Gasteiger partial charge in [-0.2, -0.15) is 0 Å². The highest BCUT2D eigenvalue weighted by atomic mass is 16.7. The van der Waals surface area contributed by atoms with E-state index in [1.165, 1.54) is 6.92 Å². The van der Waals surface area contributed by atoms with Crippen molar-refractivity contribution in [2.45, 2.75) is 59.8 Å². The van der Waals surface area contributed by atoms with Crippen LogP contribution in [0.3, 0.4) is 0 Å². The number of ether oxygens (including phenoxy) is 2. The van der Waals surface area contributed by atoms with Crippen LogP contribution >= 0.6 is 0 Å². The van der Waals surface area contributed by atoms with Gasteiger partial charge in [0, 0.05) is 6.92 Å². The Morgan fingerprint density at radius 2 is 1.50 bits per heavy atom. The predicted molar refractivity (Wildman–Crippen MR) is 79.7 cm³/mol. The molecule has 0 saturated carbocycles. The van der Waals surface area contributed by atoms with Gasteiger partial charge in [0.1, 0.15) is 6.04 Å². The van der Waals surface area contributed by atoms with E-state index in [9.17, 15) is 14.4 Å². The number of carboxylic acid groups (broad SMARTS) is 1. The van der Waals surface area contributed by atoms with Gasteiger partial charge in [-0.1, -0.05) is 27.7 Å². The second-order valence-corrected chi connectivity index (χ2v) is 6.11. The summed E-state index contributed by atoms with van der Waals surface area (Å²) >= 11 is 0. The van der Waals surface area contributed by atoms with Crippen molar-refractivity contribution in [3.8, 4) is 0 Å². The molecule has 128 valence electrons. The summed E-state index contributed by atoms with van der Waals surface area (Å²) in [6, 6.07) is -1.07. The third kappa shape index (κ3) is 7.97. The number of hydrogen-bond donors (Lipinski definition) is 2. The van der Waals surface area contributed by atoms with Crippen molar-refractivity contribution < 1.29 is 29.0 Å². The number of rotatable bonds is 9. The zero-order valence-corrected chi connectivity index (χ0v) is 13.9. The number of carboxylic acids is 1. The molecule has 0 aliphatic rings. The molecule has 0 amide bonds. The first-order valence-electron chi connectivity index (χ1n) is 7.42. The summed E-state index contributed by atoms with van der Waals surface area (Å²) in [4.78, 5) is 34.3. The third-order valence-corrected chi connectivity index (χ3v) is 3.03. The Labute approximate surface area is 131 Å². The van der Waals surface area contributed by atoms with Gasteiger partial charge in [-0.15, -0.1) is 0 Å². The average Bonchev–Trinajstić information content (AvgIpc) is 2.35. The molecule has 3 N–H and O–H groups in total. The molecule has 22 heavy (non-hydrogen) atoms. The average molecular weight is 317 g/mol. The molecule has 0 radical (unpaired) electrons. The molecule has 0 saturated heterocycles. The van der Waals surface area contributed by atoms with Crippen molar-refractivity contribution in [1.82, 2.24) is 0 Å². The van der Waals surface area contributed by atoms with E-state index in [-0.39, 0.29) is 18.3 Å². The maximum absolute atomic E-state index is 12.0. The summed E-state index contributed by atoms with van der Waals surface area (Å²) in [5, 5.41) is 8.91. The lowest BCUT2D eigenvalue weighted by Crippen LogP contribution is -2.42. The van der Waals surface area contributed by atoms with Crippen molar-refractivity contribution in [2.75, 3.05) is 0 Å². The smallest absolute Gasteiger partial charge is 0.326 e. The first-order valence-corrected chi connectivity index (χ1v) is 7.42. The molecule has 0 aliphatic carbocycles. The fourth-order valence-corrected chi connectivity index (χ4v) is 1.95. The number of esters is 2. The van der Waals surface area contributed by atoms with Gasteiger partial charge in [0.05, 0.1) is 12.3 Å². The molecule has 0 aromatic heterocycles. The number of carbonyl (C=O) groups is 3. The van der Waals surface area contributed by atoms with E-state index in [0.717, 1.165) is 0 Å². The molecule has 3 unspecified atom stereocenters. The normalized spacial score (nSPS) is 15.3. The van der Waals surface area contributed by atoms with Crippen LogP contribution in [0.2, 0.25) is 0 Å². The van der Waals surface area contributed by atoms with Crippen molar-refractivity contribution in [3.63, 3.8) is 0 Å². The number of hydrogen-bond acceptors (Lipinski definition) is 6. The monoisotopic (exact) mass is 317 g/mol. The Morgan fingerprint density at radius 3 is 1.91 bits per heavy atom. The van der Waals surface area contributed by atoms with Crippen LogP contribution in [0.5, 0.6) is 0 Å². The van der Waals surface area contributed by atoms with Crippen molar-refractivity contribution >= 4 is 17.9 Å². The molecule has 0 aliphatic heterocycles. The number of nitrogens with two attached hydrogens (primary N) is 1. The van der Waals surface area contributed by atoms with Crippen molar-refractivity contribution in [2.24, 2.45) is 23.5 Å². The minimum Gasteiger partial charge on any atom is -0.481 e. The molecule has 0 aromatic rings. The minimum absolute atomic E-state index is 0.194. The summed E-state index contributed by atoms with van der Waals surface area (Å²) < 4.78 is 9.90. The largest absolute Gasteiger partial charge is 0.481 e. The van der Waals surface area contributed by atoms with Crippen LogP contribution in [0.15, 0.2) is 0 Å². The van der Waals surface area contributed by atoms with Crippen LogP contribution < -0.4 is 5.73 Å². The maximum Gasteiger partial charge on any atom is 0.326 e. The van der Waals surface area contributed by atoms with Crippen LogP contribution in [0.4, 0.5) is 0 Å². The second-order valence-electron chi connectivity index (χ2n) is 6.11. The van der Waals surface area contributed by atoms with E-state index in [0.29, 0.717) is 6.42 Å². The lowest BCUT2D eigenvalue weighted by Gasteiger charge is -2.24. The molecule has 0 bridgehead atoms. The summed E-state index contributed by atoms with van der Waals surface area (Å²) in [7, 11) is 0. The maximum atomic E-state index is 12.0. The van der Waals surface area contributed by atoms with E-state index in [4.69, 9.17) is 20.3 Å². The highest BCUT2D eigenvalue weighted by Crippen LogP contribution is 2.20. The van der Waals surface area contributed by atoms with Crippen LogP contribution in [0, 0.1) is 17.8 Å². The highest BCUT2D eigenvalue weighted by molar-refractivity contribution is 5.78. The van der Waals surface area contributed by atoms with E-state index < -0.39 is 36.2 Å². The van der Waals surface area contributed by atoms with Gasteiger partial charge < -0.3 is 20.3 Å². The van der Waals surface area contributed by atoms with Gasteiger partial charge in [0.2, 0.25) is 6.29 Å². The summed E-state index contributed by atoms with van der Waals surface area (Å²) in [5.41, 5.74) is 5.82. The van der Waals surface area contributed by atoms with Crippen LogP contribution in [0.1, 0.15) is 47.5 Å². The number of carbonyl (C=O) groups excluding carboxylic acids is 2. The third-order valence-electron chi connectivity index (χ3n) is 3.03. The van der Waals surface area contributed by atoms with Crippen molar-refractivity contribution in [3.05, 3.63) is 0 Å². The molecule has 0 rings (SSSR count). The molecule has 7 heteroatoms. The Kier molecular flexibility index (Phi) is 8.70. The van der Waals surface area contributed by atoms with E-state index in [1.807, 2.05) is 13.8 Å². The highest BCUT2D eigenvalue weighted by Gasteiger charge is 2.30. The van der Waals surface area contributed by atoms with E-state index in [1.54, 1.807) is 13.8 Å². The van der Waals surface area contributed by atoms with Gasteiger partial charge in [0.15, 0.2) is 0 Å². The van der Waals surface area contributed by atoms with E-state index in [2.05, 4.69) is 0 Å². The standard InChI is InChI=1S/C15H27NO6/c1-8(2)6-11(7-12(17)18)13(16)15(20)22-10(5)21-14(19)9(3)4/h8-11,13H,6-7,16H2,1-5H3,(H,17,18). The number of aliphatic carboxylic acids is 1. The van der Waals surface area contributed by atoms with Crippen molar-refractivity contribution in [1.29, 1.82) is 0 Å². The Balaban J connectivity index is 4.64. The Bertz CT molecular complexity index is 393. The Morgan fingerprint density at radius 1 is 1.00 bits per heavy atom. The lowest BCUT2D eigenvalue weighted by molar-refractivity contribution is -0.188. The molecular formula is C15H27NO6. The second kappa shape index (κ2) is 9.40. The van der Waals surface area contributed by atoms with Gasteiger partial charge in [-0.05, 0) is 18.3 Å². The van der Waals surface area contributed by atoms with Gasteiger partial charge in [-0.3, -0.25) is 14.4 Å². The molecule has 0 heterocycles.